The first kappa shape index (κ1) is 15.2. The van der Waals surface area contributed by atoms with Crippen molar-refractivity contribution < 1.29 is 19.1 Å². The number of rotatable bonds is 3. The number of nitrogens with zero attached hydrogens (tertiary/aromatic N) is 1. The molecule has 21 heavy (non-hydrogen) atoms. The third-order valence-corrected chi connectivity index (χ3v) is 3.24. The van der Waals surface area contributed by atoms with Crippen LogP contribution in [0.2, 0.25) is 0 Å². The number of likely N-dealkylation sites (tertiary alicyclic amines) is 1. The summed E-state index contributed by atoms with van der Waals surface area (Å²) < 4.78 is 13.6. The summed E-state index contributed by atoms with van der Waals surface area (Å²) >= 11 is 0. The maximum atomic E-state index is 13.6. The fourth-order valence-electron chi connectivity index (χ4n) is 2.23. The molecule has 1 aromatic carbocycles. The van der Waals surface area contributed by atoms with Crippen LogP contribution in [0.3, 0.4) is 0 Å². The van der Waals surface area contributed by atoms with Crippen LogP contribution in [0.15, 0.2) is 18.2 Å². The lowest BCUT2D eigenvalue weighted by Crippen LogP contribution is -2.29. The van der Waals surface area contributed by atoms with Crippen LogP contribution in [-0.2, 0) is 16.1 Å². The Hall–Kier alpha value is -2.19. The van der Waals surface area contributed by atoms with Gasteiger partial charge in [-0.2, -0.15) is 0 Å². The average molecular weight is 289 g/mol. The highest BCUT2D eigenvalue weighted by Crippen LogP contribution is 2.21. The van der Waals surface area contributed by atoms with E-state index in [2.05, 4.69) is 11.8 Å². The molecule has 5 heteroatoms. The summed E-state index contributed by atoms with van der Waals surface area (Å²) in [5.74, 6) is 4.22. The molecule has 1 atom stereocenters. The summed E-state index contributed by atoms with van der Waals surface area (Å²) in [5, 5.41) is 8.67. The quantitative estimate of drug-likeness (QED) is 0.677. The van der Waals surface area contributed by atoms with Gasteiger partial charge < -0.3 is 5.11 Å². The Morgan fingerprint density at radius 2 is 2.14 bits per heavy atom. The fraction of sp³-hybridized carbons (Fsp3) is 0.375. The Labute approximate surface area is 122 Å². The molecule has 0 aromatic heterocycles. The van der Waals surface area contributed by atoms with Crippen molar-refractivity contribution in [3.63, 3.8) is 0 Å². The molecular weight excluding hydrogens is 273 g/mol. The predicted octanol–water partition coefficient (Wildman–Crippen LogP) is 1.45. The summed E-state index contributed by atoms with van der Waals surface area (Å²) in [6.07, 6.45) is 0.518. The first-order chi connectivity index (χ1) is 10.0. The molecule has 2 rings (SSSR count). The first-order valence-corrected chi connectivity index (χ1v) is 6.74. The monoisotopic (exact) mass is 289 g/mol. The van der Waals surface area contributed by atoms with Gasteiger partial charge in [0.05, 0.1) is 13.2 Å². The molecule has 4 nitrogen and oxygen atoms in total. The minimum atomic E-state index is -0.465. The van der Waals surface area contributed by atoms with E-state index in [-0.39, 0.29) is 37.3 Å². The van der Waals surface area contributed by atoms with E-state index in [1.54, 1.807) is 13.0 Å². The van der Waals surface area contributed by atoms with Gasteiger partial charge in [-0.15, -0.1) is 0 Å². The zero-order valence-electron chi connectivity index (χ0n) is 11.7. The van der Waals surface area contributed by atoms with Gasteiger partial charge in [-0.3, -0.25) is 14.5 Å². The molecule has 0 spiro atoms. The van der Waals surface area contributed by atoms with Gasteiger partial charge in [0.1, 0.15) is 5.82 Å². The van der Waals surface area contributed by atoms with Gasteiger partial charge in [-0.05, 0) is 23.8 Å². The van der Waals surface area contributed by atoms with Crippen LogP contribution in [-0.4, -0.2) is 28.4 Å². The number of carbonyl (C=O) groups is 2. The molecular formula is C16H16FNO3. The minimum absolute atomic E-state index is 0.0517. The molecule has 1 aliphatic rings. The SMILES string of the molecule is CC1CC(=O)N(Cc2cc(F)cc(C#CCCO)c2)C1=O. The van der Waals surface area contributed by atoms with Crippen molar-refractivity contribution in [3.05, 3.63) is 35.1 Å². The molecule has 1 unspecified atom stereocenters. The number of hydrogen-bond donors (Lipinski definition) is 1. The Morgan fingerprint density at radius 3 is 2.76 bits per heavy atom. The molecule has 0 radical (unpaired) electrons. The van der Waals surface area contributed by atoms with Crippen LogP contribution in [0.4, 0.5) is 4.39 Å². The van der Waals surface area contributed by atoms with Crippen LogP contribution < -0.4 is 0 Å². The minimum Gasteiger partial charge on any atom is -0.395 e. The normalized spacial score (nSPS) is 17.9. The van der Waals surface area contributed by atoms with Crippen LogP contribution in [0.5, 0.6) is 0 Å². The zero-order valence-corrected chi connectivity index (χ0v) is 11.7. The van der Waals surface area contributed by atoms with Gasteiger partial charge >= 0.3 is 0 Å². The Morgan fingerprint density at radius 1 is 1.38 bits per heavy atom. The largest absolute Gasteiger partial charge is 0.395 e. The van der Waals surface area contributed by atoms with Gasteiger partial charge in [0, 0.05) is 24.3 Å². The van der Waals surface area contributed by atoms with Crippen molar-refractivity contribution in [2.75, 3.05) is 6.61 Å². The van der Waals surface area contributed by atoms with Gasteiger partial charge in [-0.25, -0.2) is 4.39 Å². The van der Waals surface area contributed by atoms with Crippen molar-refractivity contribution >= 4 is 11.8 Å². The van der Waals surface area contributed by atoms with E-state index in [4.69, 9.17) is 5.11 Å². The molecule has 1 N–H and O–H groups in total. The number of aliphatic hydroxyl groups is 1. The van der Waals surface area contributed by atoms with E-state index in [1.165, 1.54) is 12.1 Å². The van der Waals surface area contributed by atoms with E-state index in [9.17, 15) is 14.0 Å². The number of aliphatic hydroxyl groups excluding tert-OH is 1. The second-order valence-electron chi connectivity index (χ2n) is 5.05. The van der Waals surface area contributed by atoms with E-state index < -0.39 is 5.82 Å². The number of benzene rings is 1. The molecule has 0 aliphatic carbocycles. The summed E-state index contributed by atoms with van der Waals surface area (Å²) in [6.45, 7) is 1.72. The van der Waals surface area contributed by atoms with Crippen molar-refractivity contribution in [2.24, 2.45) is 5.92 Å². The van der Waals surface area contributed by atoms with E-state index in [1.807, 2.05) is 0 Å². The maximum Gasteiger partial charge on any atom is 0.232 e. The number of halogens is 1. The van der Waals surface area contributed by atoms with Gasteiger partial charge in [0.25, 0.3) is 0 Å². The molecule has 0 bridgehead atoms. The Bertz CT molecular complexity index is 630. The third-order valence-electron chi connectivity index (χ3n) is 3.24. The standard InChI is InChI=1S/C16H16FNO3/c1-11-6-15(20)18(16(11)21)10-13-7-12(4-2-3-5-19)8-14(17)9-13/h7-9,11,19H,3,5-6,10H2,1H3. The fourth-order valence-corrected chi connectivity index (χ4v) is 2.23. The second-order valence-corrected chi connectivity index (χ2v) is 5.05. The van der Waals surface area contributed by atoms with Crippen molar-refractivity contribution in [3.8, 4) is 11.8 Å². The zero-order chi connectivity index (χ0) is 15.4. The van der Waals surface area contributed by atoms with E-state index >= 15 is 0 Å². The predicted molar refractivity (Wildman–Crippen MR) is 74.3 cm³/mol. The lowest BCUT2D eigenvalue weighted by Gasteiger charge is -2.14. The summed E-state index contributed by atoms with van der Waals surface area (Å²) in [4.78, 5) is 24.7. The maximum absolute atomic E-state index is 13.6. The molecule has 1 saturated heterocycles. The van der Waals surface area contributed by atoms with Gasteiger partial charge in [0.15, 0.2) is 0 Å². The molecule has 1 heterocycles. The lowest BCUT2D eigenvalue weighted by molar-refractivity contribution is -0.139. The number of amides is 2. The van der Waals surface area contributed by atoms with Gasteiger partial charge in [-0.1, -0.05) is 18.8 Å². The van der Waals surface area contributed by atoms with Crippen LogP contribution in [0.1, 0.15) is 30.9 Å². The Kier molecular flexibility index (Phi) is 4.71. The topological polar surface area (TPSA) is 57.6 Å². The van der Waals surface area contributed by atoms with Crippen molar-refractivity contribution in [1.29, 1.82) is 0 Å². The number of hydrogen-bond acceptors (Lipinski definition) is 3. The smallest absolute Gasteiger partial charge is 0.232 e. The second kappa shape index (κ2) is 6.51. The number of carbonyl (C=O) groups excluding carboxylic acids is 2. The first-order valence-electron chi connectivity index (χ1n) is 6.74. The van der Waals surface area contributed by atoms with Crippen molar-refractivity contribution in [1.82, 2.24) is 4.90 Å². The van der Waals surface area contributed by atoms with E-state index in [0.717, 1.165) is 4.90 Å². The van der Waals surface area contributed by atoms with Crippen molar-refractivity contribution in [2.45, 2.75) is 26.3 Å². The molecule has 1 fully saturated rings. The van der Waals surface area contributed by atoms with Crippen LogP contribution in [0, 0.1) is 23.6 Å². The molecule has 110 valence electrons. The molecule has 1 aliphatic heterocycles. The molecule has 1 aromatic rings. The number of imide groups is 1. The highest BCUT2D eigenvalue weighted by Gasteiger charge is 2.35. The van der Waals surface area contributed by atoms with Crippen LogP contribution >= 0.6 is 0 Å². The average Bonchev–Trinajstić information content (AvgIpc) is 2.65. The van der Waals surface area contributed by atoms with Crippen LogP contribution in [0.25, 0.3) is 0 Å². The molecule has 0 saturated carbocycles. The lowest BCUT2D eigenvalue weighted by atomic mass is 10.1. The summed E-state index contributed by atoms with van der Waals surface area (Å²) in [6, 6.07) is 4.22. The summed E-state index contributed by atoms with van der Waals surface area (Å²) in [7, 11) is 0. The highest BCUT2D eigenvalue weighted by molar-refractivity contribution is 6.03. The third kappa shape index (κ3) is 3.67. The molecule has 2 amide bonds. The highest BCUT2D eigenvalue weighted by atomic mass is 19.1. The summed E-state index contributed by atoms with van der Waals surface area (Å²) in [5.41, 5.74) is 0.990. The van der Waals surface area contributed by atoms with E-state index in [0.29, 0.717) is 17.5 Å². The Balaban J connectivity index is 2.19. The van der Waals surface area contributed by atoms with Gasteiger partial charge in [0.2, 0.25) is 11.8 Å².